The highest BCUT2D eigenvalue weighted by molar-refractivity contribution is 7.97. The number of aromatic nitrogens is 3. The Bertz CT molecular complexity index is 982. The van der Waals surface area contributed by atoms with E-state index in [1.165, 1.54) is 16.0 Å². The maximum absolute atomic E-state index is 4.17. The van der Waals surface area contributed by atoms with Crippen LogP contribution in [0.3, 0.4) is 0 Å². The van der Waals surface area contributed by atoms with Gasteiger partial charge in [0.2, 0.25) is 0 Å². The maximum atomic E-state index is 4.17. The van der Waals surface area contributed by atoms with E-state index in [0.29, 0.717) is 0 Å². The van der Waals surface area contributed by atoms with E-state index in [2.05, 4.69) is 73.8 Å². The van der Waals surface area contributed by atoms with Crippen molar-refractivity contribution in [2.75, 3.05) is 13.1 Å². The van der Waals surface area contributed by atoms with Crippen LogP contribution >= 0.6 is 11.9 Å². The molecule has 27 heavy (non-hydrogen) atoms. The van der Waals surface area contributed by atoms with Crippen molar-refractivity contribution in [3.05, 3.63) is 78.8 Å². The fraction of sp³-hybridized carbons (Fsp3) is 0.143. The van der Waals surface area contributed by atoms with Gasteiger partial charge >= 0.3 is 0 Å². The molecule has 6 heteroatoms. The van der Waals surface area contributed by atoms with Gasteiger partial charge < -0.3 is 5.32 Å². The van der Waals surface area contributed by atoms with Gasteiger partial charge in [0.1, 0.15) is 0 Å². The second kappa shape index (κ2) is 8.81. The van der Waals surface area contributed by atoms with Gasteiger partial charge in [0.15, 0.2) is 0 Å². The van der Waals surface area contributed by atoms with E-state index in [1.807, 2.05) is 18.5 Å². The summed E-state index contributed by atoms with van der Waals surface area (Å²) in [5.41, 5.74) is 4.68. The van der Waals surface area contributed by atoms with Crippen molar-refractivity contribution < 1.29 is 0 Å². The van der Waals surface area contributed by atoms with Gasteiger partial charge in [0.25, 0.3) is 0 Å². The predicted molar refractivity (Wildman–Crippen MR) is 111 cm³/mol. The molecule has 0 amide bonds. The molecule has 2 aromatic heterocycles. The fourth-order valence-electron chi connectivity index (χ4n) is 2.83. The molecule has 4 aromatic rings. The van der Waals surface area contributed by atoms with Crippen molar-refractivity contribution >= 4 is 22.9 Å². The van der Waals surface area contributed by atoms with Crippen LogP contribution in [0, 0.1) is 0 Å². The molecule has 2 heterocycles. The summed E-state index contributed by atoms with van der Waals surface area (Å²) in [7, 11) is 0. The normalized spacial score (nSPS) is 11.1. The zero-order valence-corrected chi connectivity index (χ0v) is 15.7. The Morgan fingerprint density at radius 2 is 1.85 bits per heavy atom. The number of H-pyrrole nitrogens is 1. The van der Waals surface area contributed by atoms with Gasteiger partial charge in [-0.25, -0.2) is 0 Å². The quantitative estimate of drug-likeness (QED) is 0.321. The van der Waals surface area contributed by atoms with E-state index >= 15 is 0 Å². The first-order chi connectivity index (χ1) is 13.4. The fourth-order valence-corrected chi connectivity index (χ4v) is 3.52. The first-order valence-electron chi connectivity index (χ1n) is 8.91. The van der Waals surface area contributed by atoms with Crippen LogP contribution < -0.4 is 10.0 Å². The minimum absolute atomic E-state index is 0.861. The van der Waals surface area contributed by atoms with Crippen LogP contribution in [0.5, 0.6) is 0 Å². The molecule has 0 aliphatic carbocycles. The molecule has 3 N–H and O–H groups in total. The lowest BCUT2D eigenvalue weighted by Crippen LogP contribution is -2.23. The molecule has 4 rings (SSSR count). The molecule has 0 saturated carbocycles. The molecule has 0 bridgehead atoms. The Hall–Kier alpha value is -2.67. The van der Waals surface area contributed by atoms with E-state index in [4.69, 9.17) is 0 Å². The van der Waals surface area contributed by atoms with Gasteiger partial charge in [-0.05, 0) is 46.8 Å². The molecular formula is C21H21N5S. The van der Waals surface area contributed by atoms with Gasteiger partial charge in [-0.15, -0.1) is 0 Å². The van der Waals surface area contributed by atoms with E-state index in [-0.39, 0.29) is 0 Å². The molecule has 0 fully saturated rings. The Balaban J connectivity index is 1.18. The first kappa shape index (κ1) is 17.7. The molecule has 0 spiro atoms. The molecule has 136 valence electrons. The summed E-state index contributed by atoms with van der Waals surface area (Å²) in [6, 6.07) is 19.0. The second-order valence-corrected chi connectivity index (χ2v) is 7.20. The van der Waals surface area contributed by atoms with Gasteiger partial charge in [-0.1, -0.05) is 36.4 Å². The lowest BCUT2D eigenvalue weighted by Gasteiger charge is -2.07. The Labute approximate surface area is 162 Å². The highest BCUT2D eigenvalue weighted by Gasteiger charge is 2.00. The van der Waals surface area contributed by atoms with Crippen molar-refractivity contribution in [1.82, 2.24) is 25.2 Å². The van der Waals surface area contributed by atoms with Crippen molar-refractivity contribution in [2.45, 2.75) is 11.4 Å². The molecule has 0 aliphatic heterocycles. The number of nitrogens with zero attached hydrogens (tertiary/aromatic N) is 2. The second-order valence-electron chi connectivity index (χ2n) is 6.23. The largest absolute Gasteiger partial charge is 0.311 e. The van der Waals surface area contributed by atoms with Crippen LogP contribution in [0.15, 0.2) is 78.1 Å². The van der Waals surface area contributed by atoms with Crippen LogP contribution in [-0.2, 0) is 6.54 Å². The van der Waals surface area contributed by atoms with Gasteiger partial charge in [-0.2, -0.15) is 5.10 Å². The highest BCUT2D eigenvalue weighted by atomic mass is 32.2. The number of rotatable bonds is 8. The average Bonchev–Trinajstić information content (AvgIpc) is 3.19. The van der Waals surface area contributed by atoms with Crippen LogP contribution in [0.2, 0.25) is 0 Å². The molecular weight excluding hydrogens is 354 g/mol. The van der Waals surface area contributed by atoms with E-state index in [9.17, 15) is 0 Å². The number of hydrogen-bond donors (Lipinski definition) is 3. The topological polar surface area (TPSA) is 65.6 Å². The van der Waals surface area contributed by atoms with Crippen LogP contribution in [0.25, 0.3) is 22.0 Å². The van der Waals surface area contributed by atoms with Crippen molar-refractivity contribution in [2.24, 2.45) is 0 Å². The van der Waals surface area contributed by atoms with Crippen molar-refractivity contribution in [3.8, 4) is 11.1 Å². The zero-order chi connectivity index (χ0) is 18.3. The molecule has 0 atom stereocenters. The number of fused-ring (bicyclic) bond motifs is 1. The molecule has 2 aromatic carbocycles. The summed E-state index contributed by atoms with van der Waals surface area (Å²) < 4.78 is 3.39. The van der Waals surface area contributed by atoms with E-state index < -0.39 is 0 Å². The van der Waals surface area contributed by atoms with E-state index in [1.54, 1.807) is 18.1 Å². The first-order valence-corrected chi connectivity index (χ1v) is 9.73. The average molecular weight is 376 g/mol. The summed E-state index contributed by atoms with van der Waals surface area (Å²) in [5, 5.41) is 11.6. The van der Waals surface area contributed by atoms with Gasteiger partial charge in [0, 0.05) is 42.3 Å². The SMILES string of the molecule is c1cncc(-c2ccc(CNCCNSc3ccc4cn[nH]c4c3)cc2)c1. The number of nitrogens with one attached hydrogen (secondary N) is 3. The summed E-state index contributed by atoms with van der Waals surface area (Å²) in [6.07, 6.45) is 5.52. The predicted octanol–water partition coefficient (Wildman–Crippen LogP) is 4.01. The molecule has 0 unspecified atom stereocenters. The summed E-state index contributed by atoms with van der Waals surface area (Å²) in [6.45, 7) is 2.66. The minimum Gasteiger partial charge on any atom is -0.311 e. The molecule has 0 radical (unpaired) electrons. The maximum Gasteiger partial charge on any atom is 0.0661 e. The van der Waals surface area contributed by atoms with Crippen LogP contribution in [0.1, 0.15) is 5.56 Å². The lowest BCUT2D eigenvalue weighted by atomic mass is 10.1. The lowest BCUT2D eigenvalue weighted by molar-refractivity contribution is 0.681. The molecule has 0 aliphatic rings. The van der Waals surface area contributed by atoms with Crippen molar-refractivity contribution in [1.29, 1.82) is 0 Å². The number of hydrogen-bond acceptors (Lipinski definition) is 5. The smallest absolute Gasteiger partial charge is 0.0661 e. The van der Waals surface area contributed by atoms with Crippen LogP contribution in [-0.4, -0.2) is 28.3 Å². The Kier molecular flexibility index (Phi) is 5.79. The van der Waals surface area contributed by atoms with E-state index in [0.717, 1.165) is 36.1 Å². The Morgan fingerprint density at radius 3 is 2.70 bits per heavy atom. The summed E-state index contributed by atoms with van der Waals surface area (Å²) in [4.78, 5) is 5.35. The third-order valence-corrected chi connectivity index (χ3v) is 5.12. The van der Waals surface area contributed by atoms with Crippen molar-refractivity contribution in [3.63, 3.8) is 0 Å². The standard InChI is InChI=1S/C21H21N5S/c1-2-18(14-22-9-1)17-5-3-16(4-6-17)13-23-10-11-25-27-20-8-7-19-15-24-26-21(19)12-20/h1-9,12,14-15,23,25H,10-11,13H2,(H,24,26). The van der Waals surface area contributed by atoms with Gasteiger partial charge in [-0.3, -0.25) is 14.8 Å². The molecule has 0 saturated heterocycles. The Morgan fingerprint density at radius 1 is 0.926 bits per heavy atom. The summed E-state index contributed by atoms with van der Waals surface area (Å²) in [5.74, 6) is 0. The zero-order valence-electron chi connectivity index (χ0n) is 14.9. The third-order valence-electron chi connectivity index (χ3n) is 4.29. The third kappa shape index (κ3) is 4.74. The van der Waals surface area contributed by atoms with Crippen LogP contribution in [0.4, 0.5) is 0 Å². The number of aromatic amines is 1. The number of benzene rings is 2. The highest BCUT2D eigenvalue weighted by Crippen LogP contribution is 2.20. The monoisotopic (exact) mass is 375 g/mol. The summed E-state index contributed by atoms with van der Waals surface area (Å²) >= 11 is 1.64. The molecule has 5 nitrogen and oxygen atoms in total. The minimum atomic E-state index is 0.861. The van der Waals surface area contributed by atoms with Gasteiger partial charge in [0.05, 0.1) is 11.7 Å². The number of pyridine rings is 1.